The van der Waals surface area contributed by atoms with E-state index in [0.717, 1.165) is 13.1 Å². The van der Waals surface area contributed by atoms with Crippen molar-refractivity contribution in [3.8, 4) is 0 Å². The van der Waals surface area contributed by atoms with Gasteiger partial charge in [0.2, 0.25) is 0 Å². The summed E-state index contributed by atoms with van der Waals surface area (Å²) in [4.78, 5) is 12.8. The number of carbonyl (C=O) groups is 1. The molecule has 2 heterocycles. The maximum atomic E-state index is 10.9. The molecule has 1 N–H and O–H groups in total. The number of fused-ring (bicyclic) bond motifs is 1. The third-order valence-corrected chi connectivity index (χ3v) is 1.84. The first-order chi connectivity index (χ1) is 4.88. The van der Waals surface area contributed by atoms with Gasteiger partial charge in [0, 0.05) is 19.6 Å². The number of esters is 1. The van der Waals surface area contributed by atoms with Gasteiger partial charge in [-0.25, -0.2) is 0 Å². The molecule has 4 heteroatoms. The Balaban J connectivity index is 2.08. The number of hydrogen-bond donors (Lipinski definition) is 1. The van der Waals surface area contributed by atoms with Crippen LogP contribution in [0.2, 0.25) is 0 Å². The van der Waals surface area contributed by atoms with E-state index in [2.05, 4.69) is 5.32 Å². The van der Waals surface area contributed by atoms with Gasteiger partial charge >= 0.3 is 5.97 Å². The highest BCUT2D eigenvalue weighted by Gasteiger charge is 2.35. The summed E-state index contributed by atoms with van der Waals surface area (Å²) in [6.07, 6.45) is 0. The lowest BCUT2D eigenvalue weighted by Gasteiger charge is -2.24. The van der Waals surface area contributed by atoms with Crippen LogP contribution < -0.4 is 5.32 Å². The van der Waals surface area contributed by atoms with Gasteiger partial charge in [0.15, 0.2) is 0 Å². The molecular weight excluding hydrogens is 132 g/mol. The van der Waals surface area contributed by atoms with Gasteiger partial charge in [0.25, 0.3) is 0 Å². The molecule has 2 rings (SSSR count). The van der Waals surface area contributed by atoms with Gasteiger partial charge in [-0.15, -0.1) is 0 Å². The summed E-state index contributed by atoms with van der Waals surface area (Å²) in [5, 5.41) is 3.09. The monoisotopic (exact) mass is 141 g/mol. The second-order valence-corrected chi connectivity index (χ2v) is 2.46. The minimum Gasteiger partial charge on any atom is -0.448 e. The first-order valence-electron chi connectivity index (χ1n) is 3.34. The van der Waals surface area contributed by atoms with E-state index >= 15 is 0 Å². The molecule has 0 aliphatic carbocycles. The Morgan fingerprint density at radius 2 is 2.70 bits per heavy atom. The van der Waals surface area contributed by atoms with Crippen LogP contribution in [0.25, 0.3) is 0 Å². The van der Waals surface area contributed by atoms with Crippen LogP contribution >= 0.6 is 0 Å². The molecule has 1 atom stereocenters. The van der Waals surface area contributed by atoms with E-state index in [0.29, 0.717) is 6.73 Å². The van der Waals surface area contributed by atoms with Crippen molar-refractivity contribution < 1.29 is 9.53 Å². The fraction of sp³-hybridized carbons (Fsp3) is 0.667. The third-order valence-electron chi connectivity index (χ3n) is 1.84. The number of hydrogen-bond acceptors (Lipinski definition) is 4. The number of piperazine rings is 1. The predicted octanol–water partition coefficient (Wildman–Crippen LogP) is -1.06. The molecule has 55 valence electrons. The molecule has 2 aliphatic heterocycles. The lowest BCUT2D eigenvalue weighted by molar-refractivity contribution is -0.139. The molecule has 0 aromatic carbocycles. The summed E-state index contributed by atoms with van der Waals surface area (Å²) in [6, 6.07) is -0.0613. The van der Waals surface area contributed by atoms with E-state index in [1.54, 1.807) is 0 Å². The smallest absolute Gasteiger partial charge is 0.326 e. The molecule has 0 aromatic heterocycles. The molecule has 0 saturated carbocycles. The lowest BCUT2D eigenvalue weighted by Crippen LogP contribution is -2.47. The summed E-state index contributed by atoms with van der Waals surface area (Å²) >= 11 is 0. The van der Waals surface area contributed by atoms with E-state index in [1.807, 2.05) is 11.4 Å². The van der Waals surface area contributed by atoms with Crippen molar-refractivity contribution in [1.29, 1.82) is 0 Å². The molecule has 2 saturated heterocycles. The lowest BCUT2D eigenvalue weighted by atomic mass is 10.2. The number of carbonyl (C=O) groups excluding carboxylic acids is 1. The summed E-state index contributed by atoms with van der Waals surface area (Å²) < 4.78 is 4.82. The summed E-state index contributed by atoms with van der Waals surface area (Å²) in [5.41, 5.74) is 0. The number of nitrogens with zero attached hydrogens (tertiary/aromatic N) is 1. The Morgan fingerprint density at radius 1 is 1.80 bits per heavy atom. The fourth-order valence-corrected chi connectivity index (χ4v) is 1.24. The molecule has 1 radical (unpaired) electrons. The summed E-state index contributed by atoms with van der Waals surface area (Å²) in [7, 11) is 0. The molecule has 0 aromatic rings. The molecule has 0 amide bonds. The van der Waals surface area contributed by atoms with Crippen LogP contribution in [0.1, 0.15) is 0 Å². The van der Waals surface area contributed by atoms with E-state index in [9.17, 15) is 4.79 Å². The molecule has 0 spiro atoms. The second kappa shape index (κ2) is 2.21. The van der Waals surface area contributed by atoms with Gasteiger partial charge < -0.3 is 10.1 Å². The van der Waals surface area contributed by atoms with Crippen LogP contribution in [0.3, 0.4) is 0 Å². The Labute approximate surface area is 59.1 Å². The van der Waals surface area contributed by atoms with E-state index in [-0.39, 0.29) is 12.0 Å². The second-order valence-electron chi connectivity index (χ2n) is 2.46. The highest BCUT2D eigenvalue weighted by atomic mass is 16.6. The summed E-state index contributed by atoms with van der Waals surface area (Å²) in [5.74, 6) is -0.108. The number of rotatable bonds is 0. The van der Waals surface area contributed by atoms with Crippen LogP contribution in [0.5, 0.6) is 0 Å². The average molecular weight is 141 g/mol. The number of nitrogens with one attached hydrogen (secondary N) is 1. The number of cyclic esters (lactones) is 1. The molecule has 2 fully saturated rings. The first kappa shape index (κ1) is 6.12. The largest absolute Gasteiger partial charge is 0.448 e. The zero-order valence-corrected chi connectivity index (χ0v) is 5.54. The first-order valence-corrected chi connectivity index (χ1v) is 3.34. The van der Waals surface area contributed by atoms with Crippen molar-refractivity contribution in [1.82, 2.24) is 10.2 Å². The minimum absolute atomic E-state index is 0.0613. The van der Waals surface area contributed by atoms with Gasteiger partial charge in [-0.3, -0.25) is 9.69 Å². The average Bonchev–Trinajstić information content (AvgIpc) is 2.34. The van der Waals surface area contributed by atoms with Gasteiger partial charge in [0.1, 0.15) is 12.8 Å². The van der Waals surface area contributed by atoms with Crippen molar-refractivity contribution in [3.63, 3.8) is 0 Å². The summed E-state index contributed by atoms with van der Waals surface area (Å²) in [6.45, 7) is 3.95. The quantitative estimate of drug-likeness (QED) is 0.436. The van der Waals surface area contributed by atoms with Crippen molar-refractivity contribution in [2.75, 3.05) is 19.8 Å². The van der Waals surface area contributed by atoms with Gasteiger partial charge in [-0.2, -0.15) is 0 Å². The standard InChI is InChI=1S/C6H9N2O2/c9-6-5-3-7-1-2-8(5)4-10-6/h2,5,7H,1,3-4H2. The normalized spacial score (nSPS) is 33.6. The third kappa shape index (κ3) is 0.803. The Morgan fingerprint density at radius 3 is 3.50 bits per heavy atom. The van der Waals surface area contributed by atoms with Crippen molar-refractivity contribution >= 4 is 5.97 Å². The zero-order valence-electron chi connectivity index (χ0n) is 5.54. The number of ether oxygens (including phenoxy) is 1. The van der Waals surface area contributed by atoms with Crippen LogP contribution in [0, 0.1) is 6.54 Å². The predicted molar refractivity (Wildman–Crippen MR) is 33.8 cm³/mol. The Hall–Kier alpha value is -0.610. The maximum absolute atomic E-state index is 10.9. The Bertz CT molecular complexity index is 160. The Kier molecular flexibility index (Phi) is 1.35. The van der Waals surface area contributed by atoms with Crippen LogP contribution in [0.4, 0.5) is 0 Å². The van der Waals surface area contributed by atoms with Crippen LogP contribution in [-0.4, -0.2) is 36.7 Å². The van der Waals surface area contributed by atoms with E-state index in [1.165, 1.54) is 0 Å². The highest BCUT2D eigenvalue weighted by Crippen LogP contribution is 2.14. The molecule has 10 heavy (non-hydrogen) atoms. The van der Waals surface area contributed by atoms with Gasteiger partial charge in [0.05, 0.1) is 0 Å². The minimum atomic E-state index is -0.108. The van der Waals surface area contributed by atoms with Crippen LogP contribution in [0.15, 0.2) is 0 Å². The molecule has 2 aliphatic rings. The van der Waals surface area contributed by atoms with Gasteiger partial charge in [-0.05, 0) is 0 Å². The van der Waals surface area contributed by atoms with Crippen molar-refractivity contribution in [3.05, 3.63) is 6.54 Å². The fourth-order valence-electron chi connectivity index (χ4n) is 1.24. The molecular formula is C6H9N2O2. The van der Waals surface area contributed by atoms with E-state index in [4.69, 9.17) is 4.74 Å². The maximum Gasteiger partial charge on any atom is 0.326 e. The van der Waals surface area contributed by atoms with E-state index < -0.39 is 0 Å². The molecule has 4 nitrogen and oxygen atoms in total. The van der Waals surface area contributed by atoms with Crippen molar-refractivity contribution in [2.24, 2.45) is 0 Å². The molecule has 0 bridgehead atoms. The van der Waals surface area contributed by atoms with Crippen LogP contribution in [-0.2, 0) is 9.53 Å². The highest BCUT2D eigenvalue weighted by molar-refractivity contribution is 5.78. The topological polar surface area (TPSA) is 41.6 Å². The molecule has 1 unspecified atom stereocenters. The SMILES string of the molecule is O=C1OCN2[CH]CNCC12. The van der Waals surface area contributed by atoms with Gasteiger partial charge in [-0.1, -0.05) is 0 Å². The van der Waals surface area contributed by atoms with Crippen molar-refractivity contribution in [2.45, 2.75) is 6.04 Å². The zero-order chi connectivity index (χ0) is 6.97.